The lowest BCUT2D eigenvalue weighted by Crippen LogP contribution is -2.51. The Morgan fingerprint density at radius 1 is 1.06 bits per heavy atom. The van der Waals surface area contributed by atoms with Crippen LogP contribution in [0.5, 0.6) is 5.75 Å². The molecule has 0 bridgehead atoms. The highest BCUT2D eigenvalue weighted by Crippen LogP contribution is 2.30. The van der Waals surface area contributed by atoms with Crippen molar-refractivity contribution >= 4 is 21.9 Å². The highest BCUT2D eigenvalue weighted by molar-refractivity contribution is 7.89. The molecule has 1 aliphatic rings. The Bertz CT molecular complexity index is 1120. The molecule has 2 aromatic rings. The first-order chi connectivity index (χ1) is 15.5. The van der Waals surface area contributed by atoms with Crippen molar-refractivity contribution in [3.05, 3.63) is 46.9 Å². The van der Waals surface area contributed by atoms with Crippen LogP contribution in [0.15, 0.2) is 33.6 Å². The summed E-state index contributed by atoms with van der Waals surface area (Å²) in [6.45, 7) is 0.426. The van der Waals surface area contributed by atoms with Gasteiger partial charge in [0.1, 0.15) is 27.7 Å². The number of nitrogens with zero attached hydrogens (tertiary/aromatic N) is 2. The number of rotatable bonds is 7. The number of amides is 1. The number of methoxy groups -OCH3 is 1. The zero-order valence-corrected chi connectivity index (χ0v) is 19.2. The largest absolute Gasteiger partial charge is 0.465 e. The van der Waals surface area contributed by atoms with Crippen LogP contribution < -0.4 is 4.74 Å². The van der Waals surface area contributed by atoms with Gasteiger partial charge in [0.05, 0.1) is 13.5 Å². The van der Waals surface area contributed by atoms with Crippen LogP contribution in [0.1, 0.15) is 27.4 Å². The lowest BCUT2D eigenvalue weighted by atomic mass is 10.1. The molecule has 0 N–H and O–H groups in total. The average Bonchev–Trinajstić information content (AvgIpc) is 3.08. The van der Waals surface area contributed by atoms with E-state index in [0.29, 0.717) is 5.56 Å². The van der Waals surface area contributed by atoms with Gasteiger partial charge in [0.2, 0.25) is 15.9 Å². The molecule has 33 heavy (non-hydrogen) atoms. The van der Waals surface area contributed by atoms with Gasteiger partial charge in [0, 0.05) is 26.2 Å². The number of hydrogen-bond acceptors (Lipinski definition) is 7. The van der Waals surface area contributed by atoms with E-state index in [1.807, 2.05) is 0 Å². The van der Waals surface area contributed by atoms with Crippen molar-refractivity contribution in [3.8, 4) is 5.75 Å². The Kier molecular flexibility index (Phi) is 7.38. The van der Waals surface area contributed by atoms with E-state index in [1.54, 1.807) is 0 Å². The maximum Gasteiger partial charge on any atom is 0.387 e. The molecule has 12 heteroatoms. The predicted octanol–water partition coefficient (Wildman–Crippen LogP) is 2.36. The van der Waals surface area contributed by atoms with Crippen LogP contribution in [-0.4, -0.2) is 69.4 Å². The Morgan fingerprint density at radius 3 is 2.21 bits per heavy atom. The van der Waals surface area contributed by atoms with Gasteiger partial charge in [0.15, 0.2) is 0 Å². The molecule has 0 radical (unpaired) electrons. The Morgan fingerprint density at radius 2 is 1.67 bits per heavy atom. The van der Waals surface area contributed by atoms with Crippen molar-refractivity contribution in [2.75, 3.05) is 33.3 Å². The van der Waals surface area contributed by atoms with Gasteiger partial charge in [-0.25, -0.2) is 13.2 Å². The zero-order valence-electron chi connectivity index (χ0n) is 18.3. The summed E-state index contributed by atoms with van der Waals surface area (Å²) in [4.78, 5) is 26.1. The maximum atomic E-state index is 13.2. The third-order valence-corrected chi connectivity index (χ3v) is 7.34. The third kappa shape index (κ3) is 5.33. The second-order valence-electron chi connectivity index (χ2n) is 7.39. The molecule has 2 heterocycles. The van der Waals surface area contributed by atoms with Gasteiger partial charge in [-0.15, -0.1) is 0 Å². The fourth-order valence-electron chi connectivity index (χ4n) is 3.69. The van der Waals surface area contributed by atoms with E-state index in [4.69, 9.17) is 9.15 Å². The second kappa shape index (κ2) is 9.87. The molecule has 0 aliphatic carbocycles. The van der Waals surface area contributed by atoms with Crippen LogP contribution in [0, 0.1) is 13.8 Å². The summed E-state index contributed by atoms with van der Waals surface area (Å²) in [6.07, 6.45) is 0.0359. The minimum Gasteiger partial charge on any atom is -0.465 e. The number of carbonyl (C=O) groups excluding carboxylic acids is 2. The number of alkyl halides is 2. The van der Waals surface area contributed by atoms with Crippen LogP contribution in [0.2, 0.25) is 0 Å². The molecule has 1 amide bonds. The normalized spacial score (nSPS) is 15.0. The van der Waals surface area contributed by atoms with Gasteiger partial charge < -0.3 is 18.8 Å². The molecular weight excluding hydrogens is 462 g/mol. The molecule has 1 aliphatic heterocycles. The minimum atomic E-state index is -4.05. The summed E-state index contributed by atoms with van der Waals surface area (Å²) in [5.41, 5.74) is 0.483. The Balaban J connectivity index is 1.66. The van der Waals surface area contributed by atoms with Gasteiger partial charge in [0.25, 0.3) is 0 Å². The van der Waals surface area contributed by atoms with Crippen LogP contribution in [-0.2, 0) is 26.0 Å². The molecule has 9 nitrogen and oxygen atoms in total. The molecule has 180 valence electrons. The number of ether oxygens (including phenoxy) is 2. The van der Waals surface area contributed by atoms with Crippen molar-refractivity contribution < 1.29 is 40.7 Å². The molecule has 1 fully saturated rings. The van der Waals surface area contributed by atoms with E-state index >= 15 is 0 Å². The van der Waals surface area contributed by atoms with Gasteiger partial charge >= 0.3 is 12.6 Å². The number of halogens is 2. The SMILES string of the molecule is COC(=O)c1c(C)oc(C)c1S(=O)(=O)N1CCN(C(=O)Cc2ccc(OC(F)F)cc2)CC1. The predicted molar refractivity (Wildman–Crippen MR) is 112 cm³/mol. The van der Waals surface area contributed by atoms with Crippen LogP contribution in [0.4, 0.5) is 8.78 Å². The second-order valence-corrected chi connectivity index (χ2v) is 9.27. The molecule has 1 saturated heterocycles. The van der Waals surface area contributed by atoms with E-state index in [1.165, 1.54) is 47.3 Å². The smallest absolute Gasteiger partial charge is 0.387 e. The number of piperazine rings is 1. The molecule has 1 aromatic carbocycles. The van der Waals surface area contributed by atoms with E-state index in [-0.39, 0.29) is 66.2 Å². The highest BCUT2D eigenvalue weighted by atomic mass is 32.2. The number of aryl methyl sites for hydroxylation is 2. The number of hydrogen-bond donors (Lipinski definition) is 0. The summed E-state index contributed by atoms with van der Waals surface area (Å²) in [5.74, 6) is -0.791. The average molecular weight is 486 g/mol. The Hall–Kier alpha value is -2.99. The third-order valence-electron chi connectivity index (χ3n) is 5.29. The van der Waals surface area contributed by atoms with Crippen molar-refractivity contribution in [2.24, 2.45) is 0 Å². The molecule has 0 spiro atoms. The number of esters is 1. The highest BCUT2D eigenvalue weighted by Gasteiger charge is 2.37. The van der Waals surface area contributed by atoms with E-state index in [2.05, 4.69) is 4.74 Å². The topological polar surface area (TPSA) is 106 Å². The van der Waals surface area contributed by atoms with Gasteiger partial charge in [-0.1, -0.05) is 12.1 Å². The van der Waals surface area contributed by atoms with Gasteiger partial charge in [-0.05, 0) is 31.5 Å². The molecule has 0 atom stereocenters. The van der Waals surface area contributed by atoms with Crippen LogP contribution in [0.25, 0.3) is 0 Å². The van der Waals surface area contributed by atoms with E-state index in [9.17, 15) is 26.8 Å². The minimum absolute atomic E-state index is 0.00359. The van der Waals surface area contributed by atoms with Crippen molar-refractivity contribution in [2.45, 2.75) is 31.8 Å². The van der Waals surface area contributed by atoms with Crippen LogP contribution in [0.3, 0.4) is 0 Å². The zero-order chi connectivity index (χ0) is 24.3. The quantitative estimate of drug-likeness (QED) is 0.553. The summed E-state index contributed by atoms with van der Waals surface area (Å²) in [6, 6.07) is 5.75. The lowest BCUT2D eigenvalue weighted by Gasteiger charge is -2.34. The molecule has 1 aromatic heterocycles. The number of sulfonamides is 1. The first-order valence-corrected chi connectivity index (χ1v) is 11.5. The number of furan rings is 1. The van der Waals surface area contributed by atoms with Crippen LogP contribution >= 0.6 is 0 Å². The molecule has 3 rings (SSSR count). The maximum absolute atomic E-state index is 13.2. The fourth-order valence-corrected chi connectivity index (χ4v) is 5.49. The van der Waals surface area contributed by atoms with Gasteiger partial charge in [-0.2, -0.15) is 13.1 Å². The first kappa shape index (κ1) is 24.6. The number of benzene rings is 1. The fraction of sp³-hybridized carbons (Fsp3) is 0.429. The van der Waals surface area contributed by atoms with Crippen molar-refractivity contribution in [1.29, 1.82) is 0 Å². The number of carbonyl (C=O) groups is 2. The monoisotopic (exact) mass is 486 g/mol. The molecule has 0 saturated carbocycles. The van der Waals surface area contributed by atoms with E-state index < -0.39 is 22.6 Å². The summed E-state index contributed by atoms with van der Waals surface area (Å²) in [7, 11) is -2.90. The molecule has 0 unspecified atom stereocenters. The lowest BCUT2D eigenvalue weighted by molar-refractivity contribution is -0.131. The van der Waals surface area contributed by atoms with Crippen molar-refractivity contribution in [3.63, 3.8) is 0 Å². The molecular formula is C21H24F2N2O7S. The summed E-state index contributed by atoms with van der Waals surface area (Å²) in [5, 5.41) is 0. The summed E-state index contributed by atoms with van der Waals surface area (Å²) >= 11 is 0. The Labute approximate surface area is 189 Å². The summed E-state index contributed by atoms with van der Waals surface area (Å²) < 4.78 is 66.5. The van der Waals surface area contributed by atoms with Gasteiger partial charge in [-0.3, -0.25) is 4.79 Å². The standard InChI is InChI=1S/C21H24F2N2O7S/c1-13-18(20(27)30-3)19(14(2)31-13)33(28,29)25-10-8-24(9-11-25)17(26)12-15-4-6-16(7-5-15)32-21(22)23/h4-7,21H,8-12H2,1-3H3. The first-order valence-electron chi connectivity index (χ1n) is 10.0. The van der Waals surface area contributed by atoms with Crippen molar-refractivity contribution in [1.82, 2.24) is 9.21 Å². The van der Waals surface area contributed by atoms with E-state index in [0.717, 1.165) is 7.11 Å².